The van der Waals surface area contributed by atoms with Crippen LogP contribution in [-0.2, 0) is 20.7 Å². The largest absolute Gasteiger partial charge is 0.444 e. The van der Waals surface area contributed by atoms with Crippen LogP contribution in [-0.4, -0.2) is 29.6 Å². The van der Waals surface area contributed by atoms with Crippen LogP contribution in [0.2, 0.25) is 5.02 Å². The number of carbonyl (C=O) groups excluding carboxylic acids is 3. The van der Waals surface area contributed by atoms with Gasteiger partial charge in [0.2, 0.25) is 11.8 Å². The second-order valence-electron chi connectivity index (χ2n) is 8.16. The standard InChI is InChI=1S/C20H27ClFN3O4/c1-20(2,3)29-19(28)23-14-7-5-13(6-8-14)18(27)25-24-17(26)11-12-4-9-15(21)16(22)10-12/h4,9-10,13-14H,5-8,11H2,1-3H3,(H,23,28)(H,24,26)(H,25,27)/t13-,14-. The molecule has 0 radical (unpaired) electrons. The zero-order valence-electron chi connectivity index (χ0n) is 16.8. The first-order valence-electron chi connectivity index (χ1n) is 9.55. The fourth-order valence-electron chi connectivity index (χ4n) is 3.09. The van der Waals surface area contributed by atoms with Gasteiger partial charge in [0.05, 0.1) is 11.4 Å². The number of amides is 3. The molecule has 1 aliphatic carbocycles. The van der Waals surface area contributed by atoms with Crippen molar-refractivity contribution in [2.24, 2.45) is 5.92 Å². The Bertz CT molecular complexity index is 759. The van der Waals surface area contributed by atoms with E-state index in [2.05, 4.69) is 16.2 Å². The predicted molar refractivity (Wildman–Crippen MR) is 107 cm³/mol. The zero-order valence-corrected chi connectivity index (χ0v) is 17.6. The summed E-state index contributed by atoms with van der Waals surface area (Å²) in [6.45, 7) is 5.39. The van der Waals surface area contributed by atoms with Crippen molar-refractivity contribution in [3.8, 4) is 0 Å². The van der Waals surface area contributed by atoms with E-state index in [1.165, 1.54) is 12.1 Å². The molecule has 1 aliphatic rings. The summed E-state index contributed by atoms with van der Waals surface area (Å²) < 4.78 is 18.6. The first-order valence-corrected chi connectivity index (χ1v) is 9.93. The summed E-state index contributed by atoms with van der Waals surface area (Å²) in [6.07, 6.45) is 1.93. The van der Waals surface area contributed by atoms with E-state index in [1.807, 2.05) is 0 Å². The molecular formula is C20H27ClFN3O4. The second-order valence-corrected chi connectivity index (χ2v) is 8.56. The lowest BCUT2D eigenvalue weighted by Gasteiger charge is -2.29. The molecule has 0 heterocycles. The van der Waals surface area contributed by atoms with Crippen LogP contribution in [0, 0.1) is 11.7 Å². The average Bonchev–Trinajstić information content (AvgIpc) is 2.62. The number of ether oxygens (including phenoxy) is 1. The van der Waals surface area contributed by atoms with E-state index in [1.54, 1.807) is 26.8 Å². The Morgan fingerprint density at radius 2 is 1.79 bits per heavy atom. The van der Waals surface area contributed by atoms with E-state index in [9.17, 15) is 18.8 Å². The molecule has 0 saturated heterocycles. The van der Waals surface area contributed by atoms with Crippen LogP contribution in [0.25, 0.3) is 0 Å². The molecule has 0 atom stereocenters. The van der Waals surface area contributed by atoms with Gasteiger partial charge in [0, 0.05) is 12.0 Å². The fraction of sp³-hybridized carbons (Fsp3) is 0.550. The molecular weight excluding hydrogens is 401 g/mol. The van der Waals surface area contributed by atoms with E-state index in [0.29, 0.717) is 31.2 Å². The highest BCUT2D eigenvalue weighted by atomic mass is 35.5. The molecule has 1 aromatic rings. The van der Waals surface area contributed by atoms with Gasteiger partial charge >= 0.3 is 6.09 Å². The number of hydrogen-bond acceptors (Lipinski definition) is 4. The third kappa shape index (κ3) is 7.89. The Morgan fingerprint density at radius 3 is 2.38 bits per heavy atom. The molecule has 29 heavy (non-hydrogen) atoms. The number of carbonyl (C=O) groups is 3. The molecule has 1 saturated carbocycles. The summed E-state index contributed by atoms with van der Waals surface area (Å²) in [5, 5.41) is 2.80. The minimum absolute atomic E-state index is 0.0146. The van der Waals surface area contributed by atoms with Gasteiger partial charge in [0.1, 0.15) is 11.4 Å². The van der Waals surface area contributed by atoms with Crippen LogP contribution in [0.15, 0.2) is 18.2 Å². The average molecular weight is 428 g/mol. The summed E-state index contributed by atoms with van der Waals surface area (Å²) in [7, 11) is 0. The number of halogens is 2. The maximum Gasteiger partial charge on any atom is 0.407 e. The maximum absolute atomic E-state index is 13.4. The highest BCUT2D eigenvalue weighted by Crippen LogP contribution is 2.24. The van der Waals surface area contributed by atoms with E-state index < -0.39 is 23.4 Å². The van der Waals surface area contributed by atoms with Gasteiger partial charge in [-0.05, 0) is 64.2 Å². The van der Waals surface area contributed by atoms with Crippen LogP contribution in [0.3, 0.4) is 0 Å². The quantitative estimate of drug-likeness (QED) is 0.642. The smallest absolute Gasteiger partial charge is 0.407 e. The summed E-state index contributed by atoms with van der Waals surface area (Å²) in [6, 6.07) is 4.07. The topological polar surface area (TPSA) is 96.5 Å². The number of benzene rings is 1. The van der Waals surface area contributed by atoms with Gasteiger partial charge in [-0.3, -0.25) is 20.4 Å². The molecule has 0 unspecified atom stereocenters. The maximum atomic E-state index is 13.4. The van der Waals surface area contributed by atoms with E-state index in [0.717, 1.165) is 0 Å². The van der Waals surface area contributed by atoms with Gasteiger partial charge in [-0.1, -0.05) is 17.7 Å². The van der Waals surface area contributed by atoms with Gasteiger partial charge in [0.15, 0.2) is 0 Å². The zero-order chi connectivity index (χ0) is 21.6. The highest BCUT2D eigenvalue weighted by Gasteiger charge is 2.28. The normalized spacial score (nSPS) is 19.2. The lowest BCUT2D eigenvalue weighted by Crippen LogP contribution is -2.47. The number of nitrogens with one attached hydrogen (secondary N) is 3. The Balaban J connectivity index is 1.70. The summed E-state index contributed by atoms with van der Waals surface area (Å²) in [4.78, 5) is 36.0. The van der Waals surface area contributed by atoms with Crippen LogP contribution in [0.5, 0.6) is 0 Å². The second kappa shape index (κ2) is 9.91. The van der Waals surface area contributed by atoms with Gasteiger partial charge in [0.25, 0.3) is 0 Å². The first kappa shape index (κ1) is 22.9. The number of rotatable bonds is 4. The van der Waals surface area contributed by atoms with Crippen molar-refractivity contribution in [3.63, 3.8) is 0 Å². The van der Waals surface area contributed by atoms with Crippen molar-refractivity contribution in [1.29, 1.82) is 0 Å². The Hall–Kier alpha value is -2.35. The lowest BCUT2D eigenvalue weighted by molar-refractivity contribution is -0.131. The van der Waals surface area contributed by atoms with Gasteiger partial charge in [-0.15, -0.1) is 0 Å². The van der Waals surface area contributed by atoms with Gasteiger partial charge in [-0.25, -0.2) is 9.18 Å². The van der Waals surface area contributed by atoms with Crippen molar-refractivity contribution in [3.05, 3.63) is 34.6 Å². The number of hydrogen-bond donors (Lipinski definition) is 3. The van der Waals surface area contributed by atoms with Crippen LogP contribution in [0.1, 0.15) is 52.0 Å². The van der Waals surface area contributed by atoms with Gasteiger partial charge in [-0.2, -0.15) is 0 Å². The SMILES string of the molecule is CC(C)(C)OC(=O)N[C@H]1CC[C@H](C(=O)NNC(=O)Cc2ccc(Cl)c(F)c2)CC1. The van der Waals surface area contributed by atoms with E-state index in [-0.39, 0.29) is 29.3 Å². The van der Waals surface area contributed by atoms with Crippen molar-refractivity contribution in [2.45, 2.75) is 64.5 Å². The molecule has 9 heteroatoms. The van der Waals surface area contributed by atoms with E-state index in [4.69, 9.17) is 16.3 Å². The number of alkyl carbamates (subject to hydrolysis) is 1. The monoisotopic (exact) mass is 427 g/mol. The van der Waals surface area contributed by atoms with Crippen molar-refractivity contribution < 1.29 is 23.5 Å². The minimum Gasteiger partial charge on any atom is -0.444 e. The molecule has 1 aromatic carbocycles. The molecule has 2 rings (SSSR count). The van der Waals surface area contributed by atoms with Crippen molar-refractivity contribution >= 4 is 29.5 Å². The Kier molecular flexibility index (Phi) is 7.84. The first-order chi connectivity index (χ1) is 13.5. The molecule has 7 nitrogen and oxygen atoms in total. The molecule has 0 aliphatic heterocycles. The third-order valence-corrected chi connectivity index (χ3v) is 4.80. The van der Waals surface area contributed by atoms with Crippen LogP contribution < -0.4 is 16.2 Å². The molecule has 3 N–H and O–H groups in total. The van der Waals surface area contributed by atoms with Gasteiger partial charge < -0.3 is 10.1 Å². The van der Waals surface area contributed by atoms with E-state index >= 15 is 0 Å². The van der Waals surface area contributed by atoms with Crippen molar-refractivity contribution in [1.82, 2.24) is 16.2 Å². The molecule has 3 amide bonds. The predicted octanol–water partition coefficient (Wildman–Crippen LogP) is 3.25. The minimum atomic E-state index is -0.599. The summed E-state index contributed by atoms with van der Waals surface area (Å²) in [5.74, 6) is -1.59. The molecule has 1 fully saturated rings. The Morgan fingerprint density at radius 1 is 1.14 bits per heavy atom. The lowest BCUT2D eigenvalue weighted by atomic mass is 9.85. The highest BCUT2D eigenvalue weighted by molar-refractivity contribution is 6.30. The molecule has 0 spiro atoms. The fourth-order valence-corrected chi connectivity index (χ4v) is 3.20. The Labute approximate surface area is 174 Å². The molecule has 160 valence electrons. The van der Waals surface area contributed by atoms with Crippen LogP contribution in [0.4, 0.5) is 9.18 Å². The third-order valence-electron chi connectivity index (χ3n) is 4.49. The van der Waals surface area contributed by atoms with Crippen molar-refractivity contribution in [2.75, 3.05) is 0 Å². The summed E-state index contributed by atoms with van der Waals surface area (Å²) >= 11 is 5.61. The summed E-state index contributed by atoms with van der Waals surface area (Å²) in [5.41, 5.74) is 4.66. The van der Waals surface area contributed by atoms with Crippen LogP contribution >= 0.6 is 11.6 Å². The molecule has 0 bridgehead atoms. The number of hydrazine groups is 1. The molecule has 0 aromatic heterocycles.